The van der Waals surface area contributed by atoms with E-state index in [9.17, 15) is 0 Å². The molecule has 82 valence electrons. The number of hydrogen-bond acceptors (Lipinski definition) is 2. The Morgan fingerprint density at radius 1 is 1.00 bits per heavy atom. The van der Waals surface area contributed by atoms with Gasteiger partial charge in [-0.1, -0.05) is 6.92 Å². The molecule has 0 radical (unpaired) electrons. The fourth-order valence-electron chi connectivity index (χ4n) is 2.60. The van der Waals surface area contributed by atoms with Crippen LogP contribution < -0.4 is 0 Å². The molecule has 2 aliphatic rings. The Balaban J connectivity index is 1.86. The predicted octanol–water partition coefficient (Wildman–Crippen LogP) is 1.81. The predicted molar refractivity (Wildman–Crippen MR) is 60.5 cm³/mol. The van der Waals surface area contributed by atoms with E-state index in [2.05, 4.69) is 30.6 Å². The summed E-state index contributed by atoms with van der Waals surface area (Å²) in [5.74, 6) is 1.04. The van der Waals surface area contributed by atoms with Crippen molar-refractivity contribution in [2.45, 2.75) is 45.7 Å². The Bertz CT molecular complexity index is 189. The van der Waals surface area contributed by atoms with Crippen molar-refractivity contribution in [3.8, 4) is 0 Å². The molecule has 2 atom stereocenters. The van der Waals surface area contributed by atoms with E-state index < -0.39 is 0 Å². The van der Waals surface area contributed by atoms with Gasteiger partial charge in [0.05, 0.1) is 0 Å². The van der Waals surface area contributed by atoms with Gasteiger partial charge in [-0.25, -0.2) is 0 Å². The summed E-state index contributed by atoms with van der Waals surface area (Å²) in [5.41, 5.74) is 0. The van der Waals surface area contributed by atoms with Crippen molar-refractivity contribution in [3.05, 3.63) is 0 Å². The fraction of sp³-hybridized carbons (Fsp3) is 1.00. The first-order valence-corrected chi connectivity index (χ1v) is 6.18. The fourth-order valence-corrected chi connectivity index (χ4v) is 2.60. The van der Waals surface area contributed by atoms with Crippen LogP contribution in [0.25, 0.3) is 0 Å². The highest BCUT2D eigenvalue weighted by Crippen LogP contribution is 2.31. The topological polar surface area (TPSA) is 6.48 Å². The Morgan fingerprint density at radius 3 is 2.14 bits per heavy atom. The standard InChI is InChI=1S/C12H24N2/c1-4-13-7-11(3)14(8-10(13)2)9-12-5-6-12/h10-12H,4-9H2,1-3H3/t10-,11+/m0/s1. The van der Waals surface area contributed by atoms with Crippen LogP contribution in [0.2, 0.25) is 0 Å². The first-order valence-electron chi connectivity index (χ1n) is 6.18. The molecule has 1 aliphatic heterocycles. The molecular formula is C12H24N2. The molecule has 0 aromatic heterocycles. The van der Waals surface area contributed by atoms with Crippen molar-refractivity contribution in [2.24, 2.45) is 5.92 Å². The van der Waals surface area contributed by atoms with Gasteiger partial charge in [0.25, 0.3) is 0 Å². The lowest BCUT2D eigenvalue weighted by Crippen LogP contribution is -2.56. The summed E-state index contributed by atoms with van der Waals surface area (Å²) in [4.78, 5) is 5.31. The molecule has 0 aromatic carbocycles. The maximum atomic E-state index is 2.70. The highest BCUT2D eigenvalue weighted by Gasteiger charge is 2.32. The Labute approximate surface area is 88.3 Å². The summed E-state index contributed by atoms with van der Waals surface area (Å²) in [5, 5.41) is 0. The van der Waals surface area contributed by atoms with E-state index in [0.717, 1.165) is 18.0 Å². The lowest BCUT2D eigenvalue weighted by molar-refractivity contribution is 0.0434. The molecule has 0 unspecified atom stereocenters. The third kappa shape index (κ3) is 2.29. The molecule has 2 heteroatoms. The third-order valence-corrected chi connectivity index (χ3v) is 3.84. The zero-order valence-electron chi connectivity index (χ0n) is 9.87. The van der Waals surface area contributed by atoms with Crippen molar-refractivity contribution < 1.29 is 0 Å². The second-order valence-corrected chi connectivity index (χ2v) is 5.18. The minimum Gasteiger partial charge on any atom is -0.298 e. The van der Waals surface area contributed by atoms with Crippen molar-refractivity contribution in [1.29, 1.82) is 0 Å². The molecule has 0 N–H and O–H groups in total. The maximum Gasteiger partial charge on any atom is 0.0195 e. The second kappa shape index (κ2) is 4.19. The summed E-state index contributed by atoms with van der Waals surface area (Å²) < 4.78 is 0. The zero-order chi connectivity index (χ0) is 10.1. The van der Waals surface area contributed by atoms with Crippen molar-refractivity contribution in [1.82, 2.24) is 9.80 Å². The molecule has 1 saturated carbocycles. The van der Waals surface area contributed by atoms with Gasteiger partial charge >= 0.3 is 0 Å². The van der Waals surface area contributed by atoms with Crippen LogP contribution in [0, 0.1) is 5.92 Å². The largest absolute Gasteiger partial charge is 0.298 e. The molecule has 0 aromatic rings. The highest BCUT2D eigenvalue weighted by molar-refractivity contribution is 4.87. The third-order valence-electron chi connectivity index (χ3n) is 3.84. The highest BCUT2D eigenvalue weighted by atomic mass is 15.3. The lowest BCUT2D eigenvalue weighted by atomic mass is 10.1. The van der Waals surface area contributed by atoms with Gasteiger partial charge in [-0.3, -0.25) is 9.80 Å². The van der Waals surface area contributed by atoms with Crippen LogP contribution in [-0.4, -0.2) is 48.1 Å². The molecule has 0 spiro atoms. The van der Waals surface area contributed by atoms with Crippen molar-refractivity contribution >= 4 is 0 Å². The summed E-state index contributed by atoms with van der Waals surface area (Å²) in [6.45, 7) is 12.2. The SMILES string of the molecule is CCN1C[C@@H](C)N(CC2CC2)C[C@@H]1C. The van der Waals surface area contributed by atoms with Gasteiger partial charge in [0, 0.05) is 31.7 Å². The number of rotatable bonds is 3. The molecule has 0 amide bonds. The lowest BCUT2D eigenvalue weighted by Gasteiger charge is -2.44. The number of hydrogen-bond donors (Lipinski definition) is 0. The van der Waals surface area contributed by atoms with E-state index in [4.69, 9.17) is 0 Å². The number of nitrogens with zero attached hydrogens (tertiary/aromatic N) is 2. The molecule has 0 bridgehead atoms. The van der Waals surface area contributed by atoms with Crippen LogP contribution in [0.1, 0.15) is 33.6 Å². The van der Waals surface area contributed by atoms with Gasteiger partial charge < -0.3 is 0 Å². The van der Waals surface area contributed by atoms with Crippen LogP contribution >= 0.6 is 0 Å². The first kappa shape index (κ1) is 10.4. The van der Waals surface area contributed by atoms with E-state index >= 15 is 0 Å². The minimum atomic E-state index is 0.759. The normalized spacial score (nSPS) is 36.2. The van der Waals surface area contributed by atoms with E-state index in [1.807, 2.05) is 0 Å². The zero-order valence-corrected chi connectivity index (χ0v) is 9.87. The van der Waals surface area contributed by atoms with Crippen LogP contribution in [0.5, 0.6) is 0 Å². The molecule has 2 rings (SSSR count). The van der Waals surface area contributed by atoms with Crippen molar-refractivity contribution in [3.63, 3.8) is 0 Å². The van der Waals surface area contributed by atoms with E-state index in [1.54, 1.807) is 0 Å². The summed E-state index contributed by atoms with van der Waals surface area (Å²) >= 11 is 0. The molecule has 1 aliphatic carbocycles. The van der Waals surface area contributed by atoms with Crippen LogP contribution in [0.3, 0.4) is 0 Å². The van der Waals surface area contributed by atoms with Gasteiger partial charge in [0.15, 0.2) is 0 Å². The van der Waals surface area contributed by atoms with Crippen LogP contribution in [-0.2, 0) is 0 Å². The van der Waals surface area contributed by atoms with Gasteiger partial charge in [-0.05, 0) is 39.2 Å². The Kier molecular flexibility index (Phi) is 3.13. The number of likely N-dealkylation sites (N-methyl/N-ethyl adjacent to an activating group) is 1. The molecule has 14 heavy (non-hydrogen) atoms. The minimum absolute atomic E-state index is 0.759. The van der Waals surface area contributed by atoms with Gasteiger partial charge in [-0.2, -0.15) is 0 Å². The van der Waals surface area contributed by atoms with E-state index in [-0.39, 0.29) is 0 Å². The molecule has 1 saturated heterocycles. The second-order valence-electron chi connectivity index (χ2n) is 5.18. The Hall–Kier alpha value is -0.0800. The monoisotopic (exact) mass is 196 g/mol. The molecular weight excluding hydrogens is 172 g/mol. The van der Waals surface area contributed by atoms with E-state index in [0.29, 0.717) is 0 Å². The molecule has 2 fully saturated rings. The number of piperazine rings is 1. The van der Waals surface area contributed by atoms with Gasteiger partial charge in [0.2, 0.25) is 0 Å². The summed E-state index contributed by atoms with van der Waals surface area (Å²) in [6, 6.07) is 1.53. The average Bonchev–Trinajstić information content (AvgIpc) is 2.94. The maximum absolute atomic E-state index is 2.70. The van der Waals surface area contributed by atoms with Crippen LogP contribution in [0.15, 0.2) is 0 Å². The summed E-state index contributed by atoms with van der Waals surface area (Å²) in [6.07, 6.45) is 2.96. The first-order chi connectivity index (χ1) is 6.70. The average molecular weight is 196 g/mol. The smallest absolute Gasteiger partial charge is 0.0195 e. The summed E-state index contributed by atoms with van der Waals surface area (Å²) in [7, 11) is 0. The Morgan fingerprint density at radius 2 is 1.57 bits per heavy atom. The quantitative estimate of drug-likeness (QED) is 0.679. The van der Waals surface area contributed by atoms with Gasteiger partial charge in [0.1, 0.15) is 0 Å². The molecule has 1 heterocycles. The van der Waals surface area contributed by atoms with Crippen molar-refractivity contribution in [2.75, 3.05) is 26.2 Å². The van der Waals surface area contributed by atoms with Gasteiger partial charge in [-0.15, -0.1) is 0 Å². The van der Waals surface area contributed by atoms with Crippen LogP contribution in [0.4, 0.5) is 0 Å². The van der Waals surface area contributed by atoms with E-state index in [1.165, 1.54) is 39.0 Å². The molecule has 2 nitrogen and oxygen atoms in total.